The number of amides is 1. The van der Waals surface area contributed by atoms with E-state index in [1.807, 2.05) is 12.1 Å². The molecule has 0 heterocycles. The van der Waals surface area contributed by atoms with Gasteiger partial charge >= 0.3 is 0 Å². The summed E-state index contributed by atoms with van der Waals surface area (Å²) >= 11 is 0. The van der Waals surface area contributed by atoms with Crippen molar-refractivity contribution < 1.29 is 19.0 Å². The molecule has 0 radical (unpaired) electrons. The second-order valence-electron chi connectivity index (χ2n) is 6.73. The van der Waals surface area contributed by atoms with Gasteiger partial charge in [0.15, 0.2) is 0 Å². The van der Waals surface area contributed by atoms with Crippen molar-refractivity contribution in [1.29, 1.82) is 0 Å². The zero-order valence-electron chi connectivity index (χ0n) is 14.4. The molecule has 1 atom stereocenters. The van der Waals surface area contributed by atoms with Gasteiger partial charge in [-0.3, -0.25) is 4.79 Å². The summed E-state index contributed by atoms with van der Waals surface area (Å²) in [7, 11) is 1.59. The van der Waals surface area contributed by atoms with Crippen molar-refractivity contribution in [2.45, 2.75) is 25.3 Å². The van der Waals surface area contributed by atoms with Crippen molar-refractivity contribution >= 4 is 5.91 Å². The van der Waals surface area contributed by atoms with Gasteiger partial charge in [0.05, 0.1) is 24.8 Å². The van der Waals surface area contributed by atoms with Crippen molar-refractivity contribution in [2.24, 2.45) is 5.92 Å². The van der Waals surface area contributed by atoms with E-state index < -0.39 is 17.3 Å². The Labute approximate surface area is 146 Å². The Morgan fingerprint density at radius 2 is 1.88 bits per heavy atom. The Hall–Kier alpha value is -2.40. The van der Waals surface area contributed by atoms with Crippen LogP contribution >= 0.6 is 0 Å². The number of hydrogen-bond donors (Lipinski definition) is 2. The quantitative estimate of drug-likeness (QED) is 0.845. The van der Waals surface area contributed by atoms with Crippen LogP contribution in [-0.4, -0.2) is 30.3 Å². The average molecular weight is 343 g/mol. The van der Waals surface area contributed by atoms with Crippen LogP contribution in [-0.2, 0) is 0 Å². The molecule has 0 bridgehead atoms. The number of benzene rings is 2. The van der Waals surface area contributed by atoms with Gasteiger partial charge in [-0.25, -0.2) is 4.39 Å². The Bertz CT molecular complexity index is 771. The normalized spacial score (nSPS) is 16.2. The summed E-state index contributed by atoms with van der Waals surface area (Å²) in [6.07, 6.45) is 1.94. The summed E-state index contributed by atoms with van der Waals surface area (Å²) in [5, 5.41) is 12.4. The van der Waals surface area contributed by atoms with Gasteiger partial charge in [-0.05, 0) is 61.1 Å². The molecule has 5 heteroatoms. The van der Waals surface area contributed by atoms with Crippen molar-refractivity contribution in [2.75, 3.05) is 13.7 Å². The Morgan fingerprint density at radius 3 is 2.40 bits per heavy atom. The molecule has 1 unspecified atom stereocenters. The van der Waals surface area contributed by atoms with E-state index in [-0.39, 0.29) is 18.1 Å². The van der Waals surface area contributed by atoms with E-state index in [1.165, 1.54) is 12.1 Å². The maximum Gasteiger partial charge on any atom is 0.254 e. The summed E-state index contributed by atoms with van der Waals surface area (Å²) in [5.74, 6) is -0.101. The third-order valence-electron chi connectivity index (χ3n) is 4.84. The largest absolute Gasteiger partial charge is 0.497 e. The van der Waals surface area contributed by atoms with E-state index >= 15 is 0 Å². The number of rotatable bonds is 6. The third-order valence-corrected chi connectivity index (χ3v) is 4.84. The van der Waals surface area contributed by atoms with Crippen LogP contribution in [0.5, 0.6) is 5.75 Å². The SMILES string of the molecule is COc1ccc(-c2ccc(C(=O)NC(C)(CO)C3CC3)c(F)c2)cc1. The Kier molecular flexibility index (Phi) is 4.77. The van der Waals surface area contributed by atoms with E-state index in [2.05, 4.69) is 5.32 Å². The highest BCUT2D eigenvalue weighted by atomic mass is 19.1. The van der Waals surface area contributed by atoms with Gasteiger partial charge in [0.1, 0.15) is 11.6 Å². The van der Waals surface area contributed by atoms with Gasteiger partial charge in [0, 0.05) is 0 Å². The molecular formula is C20H22FNO3. The number of ether oxygens (including phenoxy) is 1. The van der Waals surface area contributed by atoms with Gasteiger partial charge in [-0.2, -0.15) is 0 Å². The van der Waals surface area contributed by atoms with Crippen LogP contribution in [0.1, 0.15) is 30.1 Å². The van der Waals surface area contributed by atoms with Gasteiger partial charge in [-0.15, -0.1) is 0 Å². The Morgan fingerprint density at radius 1 is 1.24 bits per heavy atom. The molecule has 25 heavy (non-hydrogen) atoms. The van der Waals surface area contributed by atoms with Crippen LogP contribution in [0.25, 0.3) is 11.1 Å². The molecule has 1 aliphatic carbocycles. The number of carbonyl (C=O) groups is 1. The molecule has 4 nitrogen and oxygen atoms in total. The maximum atomic E-state index is 14.5. The van der Waals surface area contributed by atoms with E-state index in [0.29, 0.717) is 5.56 Å². The lowest BCUT2D eigenvalue weighted by Gasteiger charge is -2.28. The molecule has 0 aliphatic heterocycles. The highest BCUT2D eigenvalue weighted by Crippen LogP contribution is 2.39. The van der Waals surface area contributed by atoms with Crippen LogP contribution < -0.4 is 10.1 Å². The summed E-state index contributed by atoms with van der Waals surface area (Å²) in [5.41, 5.74) is 0.810. The first-order valence-electron chi connectivity index (χ1n) is 8.34. The fourth-order valence-corrected chi connectivity index (χ4v) is 2.98. The summed E-state index contributed by atoms with van der Waals surface area (Å²) in [6, 6.07) is 11.8. The number of hydrogen-bond acceptors (Lipinski definition) is 3. The highest BCUT2D eigenvalue weighted by molar-refractivity contribution is 5.95. The predicted octanol–water partition coefficient (Wildman–Crippen LogP) is 3.39. The van der Waals surface area contributed by atoms with Gasteiger partial charge < -0.3 is 15.2 Å². The molecule has 0 spiro atoms. The van der Waals surface area contributed by atoms with Crippen molar-refractivity contribution in [3.8, 4) is 16.9 Å². The lowest BCUT2D eigenvalue weighted by molar-refractivity contribution is 0.0820. The highest BCUT2D eigenvalue weighted by Gasteiger charge is 2.42. The molecule has 0 saturated heterocycles. The average Bonchev–Trinajstić information content (AvgIpc) is 3.47. The molecule has 1 saturated carbocycles. The fraction of sp³-hybridized carbons (Fsp3) is 0.350. The van der Waals surface area contributed by atoms with Crippen molar-refractivity contribution in [3.05, 3.63) is 53.8 Å². The van der Waals surface area contributed by atoms with Gasteiger partial charge in [-0.1, -0.05) is 18.2 Å². The molecule has 1 aliphatic rings. The molecule has 0 aromatic heterocycles. The predicted molar refractivity (Wildman–Crippen MR) is 94.1 cm³/mol. The lowest BCUT2D eigenvalue weighted by Crippen LogP contribution is -2.50. The monoisotopic (exact) mass is 343 g/mol. The second kappa shape index (κ2) is 6.84. The molecule has 1 fully saturated rings. The standard InChI is InChI=1S/C20H22FNO3/c1-20(12-23,15-6-7-15)22-19(24)17-10-5-14(11-18(17)21)13-3-8-16(25-2)9-4-13/h3-5,8-11,15,23H,6-7,12H2,1-2H3,(H,22,24). The van der Waals surface area contributed by atoms with E-state index in [1.54, 1.807) is 32.2 Å². The zero-order valence-corrected chi connectivity index (χ0v) is 14.4. The minimum absolute atomic E-state index is 0.0161. The lowest BCUT2D eigenvalue weighted by atomic mass is 9.96. The molecule has 2 aromatic rings. The van der Waals surface area contributed by atoms with Crippen LogP contribution in [0.4, 0.5) is 4.39 Å². The number of nitrogens with one attached hydrogen (secondary N) is 1. The Balaban J connectivity index is 1.80. The number of aliphatic hydroxyl groups is 1. The second-order valence-corrected chi connectivity index (χ2v) is 6.73. The number of carbonyl (C=O) groups excluding carboxylic acids is 1. The van der Waals surface area contributed by atoms with Crippen LogP contribution in [0.3, 0.4) is 0 Å². The number of methoxy groups -OCH3 is 1. The van der Waals surface area contributed by atoms with Crippen molar-refractivity contribution in [3.63, 3.8) is 0 Å². The van der Waals surface area contributed by atoms with Crippen LogP contribution in [0, 0.1) is 11.7 Å². The van der Waals surface area contributed by atoms with Crippen LogP contribution in [0.2, 0.25) is 0 Å². The fourth-order valence-electron chi connectivity index (χ4n) is 2.98. The minimum atomic E-state index is -0.696. The van der Waals surface area contributed by atoms with Gasteiger partial charge in [0.2, 0.25) is 0 Å². The number of aliphatic hydroxyl groups excluding tert-OH is 1. The first kappa shape index (κ1) is 17.4. The molecule has 2 N–H and O–H groups in total. The zero-order chi connectivity index (χ0) is 18.0. The van der Waals surface area contributed by atoms with Gasteiger partial charge in [0.25, 0.3) is 5.91 Å². The van der Waals surface area contributed by atoms with E-state index in [4.69, 9.17) is 4.74 Å². The summed E-state index contributed by atoms with van der Waals surface area (Å²) in [4.78, 5) is 12.4. The molecule has 1 amide bonds. The topological polar surface area (TPSA) is 58.6 Å². The minimum Gasteiger partial charge on any atom is -0.497 e. The van der Waals surface area contributed by atoms with Crippen molar-refractivity contribution in [1.82, 2.24) is 5.32 Å². The summed E-state index contributed by atoms with van der Waals surface area (Å²) < 4.78 is 19.6. The number of halogens is 1. The maximum absolute atomic E-state index is 14.5. The van der Waals surface area contributed by atoms with E-state index in [9.17, 15) is 14.3 Å². The van der Waals surface area contributed by atoms with E-state index in [0.717, 1.165) is 24.2 Å². The summed E-state index contributed by atoms with van der Waals surface area (Å²) in [6.45, 7) is 1.64. The molecule has 132 valence electrons. The van der Waals surface area contributed by atoms with Crippen LogP contribution in [0.15, 0.2) is 42.5 Å². The molecular weight excluding hydrogens is 321 g/mol. The smallest absolute Gasteiger partial charge is 0.254 e. The molecule has 2 aromatic carbocycles. The first-order chi connectivity index (χ1) is 12.0. The molecule has 3 rings (SSSR count). The first-order valence-corrected chi connectivity index (χ1v) is 8.34. The third kappa shape index (κ3) is 3.66.